The number of phenols is 3. The van der Waals surface area contributed by atoms with E-state index in [1.165, 1.54) is 29.8 Å². The molecular formula is C25H26O6. The van der Waals surface area contributed by atoms with Crippen LogP contribution in [0.5, 0.6) is 23.0 Å². The number of fused-ring (bicyclic) bond motifs is 1. The third kappa shape index (κ3) is 4.74. The molecule has 0 saturated carbocycles. The minimum absolute atomic E-state index is 0.0143. The highest BCUT2D eigenvalue weighted by atomic mass is 16.4. The molecule has 1 aromatic heterocycles. The number of allylic oxidation sites excluding steroid dienone is 4. The molecule has 3 aromatic rings. The van der Waals surface area contributed by atoms with Gasteiger partial charge in [0.05, 0.1) is 0 Å². The molecule has 1 heterocycles. The predicted molar refractivity (Wildman–Crippen MR) is 121 cm³/mol. The van der Waals surface area contributed by atoms with Crippen molar-refractivity contribution in [3.05, 3.63) is 69.4 Å². The summed E-state index contributed by atoms with van der Waals surface area (Å²) in [6, 6.07) is 6.88. The molecule has 0 bridgehead atoms. The lowest BCUT2D eigenvalue weighted by atomic mass is 9.99. The summed E-state index contributed by atoms with van der Waals surface area (Å²) in [4.78, 5) is 12.8. The van der Waals surface area contributed by atoms with E-state index < -0.39 is 16.9 Å². The average molecular weight is 422 g/mol. The van der Waals surface area contributed by atoms with Crippen molar-refractivity contribution in [3.63, 3.8) is 0 Å². The second-order valence-corrected chi connectivity index (χ2v) is 7.84. The van der Waals surface area contributed by atoms with Gasteiger partial charge in [-0.3, -0.25) is 4.79 Å². The molecule has 0 aliphatic rings. The summed E-state index contributed by atoms with van der Waals surface area (Å²) >= 11 is 0. The molecule has 0 unspecified atom stereocenters. The minimum atomic E-state index is -0.798. The summed E-state index contributed by atoms with van der Waals surface area (Å²) in [5.41, 5.74) is 2.15. The molecule has 0 atom stereocenters. The molecule has 0 amide bonds. The lowest BCUT2D eigenvalue weighted by molar-refractivity contribution is 0.435. The monoisotopic (exact) mass is 422 g/mol. The molecule has 3 rings (SSSR count). The highest BCUT2D eigenvalue weighted by molar-refractivity contribution is 5.91. The third-order valence-electron chi connectivity index (χ3n) is 5.00. The number of hydrogen-bond acceptors (Lipinski definition) is 6. The summed E-state index contributed by atoms with van der Waals surface area (Å²) in [6.07, 6.45) is 6.23. The van der Waals surface area contributed by atoms with E-state index in [2.05, 4.69) is 12.2 Å². The summed E-state index contributed by atoms with van der Waals surface area (Å²) in [7, 11) is 0. The van der Waals surface area contributed by atoms with Gasteiger partial charge in [0, 0.05) is 23.6 Å². The van der Waals surface area contributed by atoms with Gasteiger partial charge in [-0.15, -0.1) is 0 Å². The van der Waals surface area contributed by atoms with Gasteiger partial charge < -0.3 is 24.8 Å². The highest BCUT2D eigenvalue weighted by Crippen LogP contribution is 2.39. The summed E-state index contributed by atoms with van der Waals surface area (Å²) < 4.78 is 5.86. The Morgan fingerprint density at radius 2 is 1.58 bits per heavy atom. The van der Waals surface area contributed by atoms with Crippen LogP contribution in [0, 0.1) is 0 Å². The zero-order chi connectivity index (χ0) is 22.7. The van der Waals surface area contributed by atoms with E-state index in [0.29, 0.717) is 17.5 Å². The Morgan fingerprint density at radius 3 is 2.23 bits per heavy atom. The maximum atomic E-state index is 12.8. The van der Waals surface area contributed by atoms with Crippen molar-refractivity contribution >= 4 is 11.0 Å². The van der Waals surface area contributed by atoms with Crippen LogP contribution in [0.25, 0.3) is 22.3 Å². The lowest BCUT2D eigenvalue weighted by Crippen LogP contribution is -2.05. The molecule has 0 radical (unpaired) electrons. The largest absolute Gasteiger partial charge is 0.508 e. The number of phenolic OH excluding ortho intramolecular Hbond substituents is 3. The van der Waals surface area contributed by atoms with Crippen LogP contribution in [0.15, 0.2) is 62.8 Å². The van der Waals surface area contributed by atoms with Gasteiger partial charge in [0.15, 0.2) is 5.76 Å². The molecule has 0 spiro atoms. The van der Waals surface area contributed by atoms with Gasteiger partial charge in [0.1, 0.15) is 28.2 Å². The van der Waals surface area contributed by atoms with Gasteiger partial charge in [0.25, 0.3) is 0 Å². The Bertz CT molecular complexity index is 1230. The molecule has 31 heavy (non-hydrogen) atoms. The van der Waals surface area contributed by atoms with E-state index in [0.717, 1.165) is 24.5 Å². The van der Waals surface area contributed by atoms with Crippen LogP contribution in [0.4, 0.5) is 0 Å². The molecule has 0 aliphatic heterocycles. The first-order valence-electron chi connectivity index (χ1n) is 10.0. The Morgan fingerprint density at radius 1 is 0.935 bits per heavy atom. The number of hydrogen-bond donors (Lipinski definition) is 4. The number of benzene rings is 2. The zero-order valence-electron chi connectivity index (χ0n) is 17.8. The van der Waals surface area contributed by atoms with Crippen molar-refractivity contribution < 1.29 is 24.8 Å². The van der Waals surface area contributed by atoms with Crippen LogP contribution in [-0.2, 0) is 6.42 Å². The van der Waals surface area contributed by atoms with Crippen LogP contribution in [0.1, 0.15) is 39.2 Å². The molecule has 6 nitrogen and oxygen atoms in total. The fourth-order valence-corrected chi connectivity index (χ4v) is 3.41. The van der Waals surface area contributed by atoms with Gasteiger partial charge >= 0.3 is 0 Å². The van der Waals surface area contributed by atoms with Crippen LogP contribution in [0.2, 0.25) is 0 Å². The molecule has 6 heteroatoms. The Labute approximate surface area is 180 Å². The first-order valence-corrected chi connectivity index (χ1v) is 10.0. The van der Waals surface area contributed by atoms with E-state index in [4.69, 9.17) is 4.42 Å². The fourth-order valence-electron chi connectivity index (χ4n) is 3.41. The van der Waals surface area contributed by atoms with Crippen molar-refractivity contribution in [1.29, 1.82) is 0 Å². The molecule has 0 fully saturated rings. The molecule has 4 N–H and O–H groups in total. The van der Waals surface area contributed by atoms with Crippen molar-refractivity contribution in [3.8, 4) is 34.3 Å². The van der Waals surface area contributed by atoms with Gasteiger partial charge in [-0.25, -0.2) is 0 Å². The second-order valence-electron chi connectivity index (χ2n) is 7.84. The molecule has 0 aliphatic carbocycles. The highest BCUT2D eigenvalue weighted by Gasteiger charge is 2.22. The fraction of sp³-hybridized carbons (Fsp3) is 0.240. The molecular weight excluding hydrogens is 396 g/mol. The van der Waals surface area contributed by atoms with Crippen LogP contribution < -0.4 is 5.43 Å². The maximum absolute atomic E-state index is 12.8. The normalized spacial score (nSPS) is 11.6. The van der Waals surface area contributed by atoms with E-state index in [1.54, 1.807) is 0 Å². The van der Waals surface area contributed by atoms with Crippen LogP contribution >= 0.6 is 0 Å². The SMILES string of the molecule is CC(C)=CCC/C=C(\C)Cc1c(O)cc(O)c2c(=O)c(O)c(-c3ccc(O)cc3)oc12. The Balaban J connectivity index is 2.13. The minimum Gasteiger partial charge on any atom is -0.508 e. The van der Waals surface area contributed by atoms with E-state index in [-0.39, 0.29) is 28.2 Å². The van der Waals surface area contributed by atoms with E-state index >= 15 is 0 Å². The second kappa shape index (κ2) is 9.00. The van der Waals surface area contributed by atoms with Gasteiger partial charge in [-0.05, 0) is 57.9 Å². The van der Waals surface area contributed by atoms with Crippen molar-refractivity contribution in [2.45, 2.75) is 40.0 Å². The van der Waals surface area contributed by atoms with Crippen molar-refractivity contribution in [1.82, 2.24) is 0 Å². The van der Waals surface area contributed by atoms with Crippen molar-refractivity contribution in [2.24, 2.45) is 0 Å². The average Bonchev–Trinajstić information content (AvgIpc) is 2.71. The summed E-state index contributed by atoms with van der Waals surface area (Å²) in [6.45, 7) is 6.00. The molecule has 162 valence electrons. The summed E-state index contributed by atoms with van der Waals surface area (Å²) in [5.74, 6) is -1.40. The smallest absolute Gasteiger partial charge is 0.238 e. The van der Waals surface area contributed by atoms with E-state index in [9.17, 15) is 25.2 Å². The van der Waals surface area contributed by atoms with E-state index in [1.807, 2.05) is 20.8 Å². The number of aromatic hydroxyl groups is 4. The quantitative estimate of drug-likeness (QED) is 0.308. The first kappa shape index (κ1) is 22.0. The van der Waals surface area contributed by atoms with Crippen LogP contribution in [-0.4, -0.2) is 20.4 Å². The molecule has 0 saturated heterocycles. The maximum Gasteiger partial charge on any atom is 0.238 e. The van der Waals surface area contributed by atoms with Gasteiger partial charge in [-0.2, -0.15) is 0 Å². The van der Waals surface area contributed by atoms with Gasteiger partial charge in [-0.1, -0.05) is 23.3 Å². The van der Waals surface area contributed by atoms with Crippen molar-refractivity contribution in [2.75, 3.05) is 0 Å². The topological polar surface area (TPSA) is 111 Å². The Kier molecular flexibility index (Phi) is 6.39. The predicted octanol–water partition coefficient (Wildman–Crippen LogP) is 5.52. The number of rotatable bonds is 6. The molecule has 2 aromatic carbocycles. The number of unbranched alkanes of at least 4 members (excludes halogenated alkanes) is 1. The zero-order valence-corrected chi connectivity index (χ0v) is 17.8. The lowest BCUT2D eigenvalue weighted by Gasteiger charge is -2.13. The van der Waals surface area contributed by atoms with Crippen LogP contribution in [0.3, 0.4) is 0 Å². The third-order valence-corrected chi connectivity index (χ3v) is 5.00. The Hall–Kier alpha value is -3.67. The summed E-state index contributed by atoms with van der Waals surface area (Å²) in [5, 5.41) is 40.5. The standard InChI is InChI=1S/C25H26O6/c1-14(2)6-4-5-7-15(3)12-18-19(27)13-20(28)21-22(29)23(30)24(31-25(18)21)16-8-10-17(26)11-9-16/h6-11,13,26-28,30H,4-5,12H2,1-3H3/b15-7+. The first-order chi connectivity index (χ1) is 14.7. The van der Waals surface area contributed by atoms with Gasteiger partial charge in [0.2, 0.25) is 11.2 Å².